The number of anilines is 1. The molecule has 39 heavy (non-hydrogen) atoms. The highest BCUT2D eigenvalue weighted by Crippen LogP contribution is 2.40. The molecule has 11 nitrogen and oxygen atoms in total. The van der Waals surface area contributed by atoms with Gasteiger partial charge in [0.05, 0.1) is 11.6 Å². The maximum absolute atomic E-state index is 12.8. The molecule has 2 fully saturated rings. The molecule has 2 N–H and O–H groups in total. The van der Waals surface area contributed by atoms with Crippen LogP contribution < -0.4 is 21.6 Å². The number of hydrogen-bond donors (Lipinski definition) is 1. The predicted octanol–water partition coefficient (Wildman–Crippen LogP) is 1.59. The minimum atomic E-state index is -0.385. The number of hydrogen-bond acceptors (Lipinski definition) is 10. The fourth-order valence-electron chi connectivity index (χ4n) is 5.37. The molecule has 12 heteroatoms. The standard InChI is InChI=1S/C27H30N9O2P/c1-15-13-36(25-22-21(34(2)27(37)32-25)10-7-18(11-28)30-22)19(12-29)14-35(15)23(16-5-8-20(39)9-6-16)26-31-24(33-38-26)17-3-4-17/h5-10,15,17,19,23H,3-4,12-14,29,39H2,1-2H3/t15-,19+,23?/m1/s1. The first kappa shape index (κ1) is 25.6. The first-order chi connectivity index (χ1) is 18.9. The SMILES string of the molecule is C[C@@H]1CN(c2nc(=O)n(C)c3ccc(C#N)nc23)[C@@H](CN)CN1C(c1ccc(P)cc1)c1nc(C2CC2)no1. The van der Waals surface area contributed by atoms with E-state index in [0.717, 1.165) is 29.5 Å². The second-order valence-electron chi connectivity index (χ2n) is 10.4. The minimum Gasteiger partial charge on any atom is -0.347 e. The summed E-state index contributed by atoms with van der Waals surface area (Å²) in [4.78, 5) is 31.0. The van der Waals surface area contributed by atoms with Crippen molar-refractivity contribution in [1.29, 1.82) is 5.26 Å². The molecule has 1 aliphatic heterocycles. The molecule has 2 aliphatic rings. The molecule has 0 bridgehead atoms. The average molecular weight is 544 g/mol. The number of benzene rings is 1. The molecule has 1 saturated heterocycles. The van der Waals surface area contributed by atoms with E-state index in [4.69, 9.17) is 15.2 Å². The highest BCUT2D eigenvalue weighted by atomic mass is 31.0. The zero-order valence-corrected chi connectivity index (χ0v) is 23.0. The summed E-state index contributed by atoms with van der Waals surface area (Å²) in [7, 11) is 4.37. The Hall–Kier alpha value is -3.71. The maximum Gasteiger partial charge on any atom is 0.349 e. The fraction of sp³-hybridized carbons (Fsp3) is 0.407. The molecule has 1 aromatic carbocycles. The molecule has 4 aromatic rings. The lowest BCUT2D eigenvalue weighted by Crippen LogP contribution is -2.61. The molecule has 2 unspecified atom stereocenters. The van der Waals surface area contributed by atoms with Crippen LogP contribution in [0.5, 0.6) is 0 Å². The smallest absolute Gasteiger partial charge is 0.347 e. The number of piperazine rings is 1. The van der Waals surface area contributed by atoms with Gasteiger partial charge in [0.1, 0.15) is 23.3 Å². The van der Waals surface area contributed by atoms with Gasteiger partial charge in [0.25, 0.3) is 0 Å². The average Bonchev–Trinajstić information content (AvgIpc) is 3.69. The van der Waals surface area contributed by atoms with Crippen molar-refractivity contribution in [3.8, 4) is 6.07 Å². The van der Waals surface area contributed by atoms with Crippen molar-refractivity contribution in [3.05, 3.63) is 69.9 Å². The van der Waals surface area contributed by atoms with E-state index in [9.17, 15) is 10.1 Å². The van der Waals surface area contributed by atoms with Crippen LogP contribution in [0.25, 0.3) is 11.0 Å². The Kier molecular flexibility index (Phi) is 6.63. The number of fused-ring (bicyclic) bond motifs is 1. The molecule has 1 saturated carbocycles. The molecule has 4 heterocycles. The number of rotatable bonds is 6. The Balaban J connectivity index is 1.40. The highest BCUT2D eigenvalue weighted by molar-refractivity contribution is 7.27. The predicted molar refractivity (Wildman–Crippen MR) is 150 cm³/mol. The summed E-state index contributed by atoms with van der Waals surface area (Å²) < 4.78 is 7.30. The van der Waals surface area contributed by atoms with Gasteiger partial charge in [-0.05, 0) is 42.8 Å². The number of aromatic nitrogens is 5. The van der Waals surface area contributed by atoms with Crippen LogP contribution in [0.2, 0.25) is 0 Å². The molecule has 0 radical (unpaired) electrons. The second-order valence-corrected chi connectivity index (χ2v) is 11.0. The fourth-order valence-corrected chi connectivity index (χ4v) is 5.56. The summed E-state index contributed by atoms with van der Waals surface area (Å²) in [5.41, 5.74) is 8.41. The number of nitrogens with zero attached hydrogens (tertiary/aromatic N) is 8. The van der Waals surface area contributed by atoms with Crippen LogP contribution in [0.1, 0.15) is 54.7 Å². The molecular formula is C27H30N9O2P. The summed E-state index contributed by atoms with van der Waals surface area (Å²) in [6, 6.07) is 13.3. The maximum atomic E-state index is 12.8. The van der Waals surface area contributed by atoms with E-state index in [1.54, 1.807) is 19.2 Å². The van der Waals surface area contributed by atoms with E-state index in [1.165, 1.54) is 4.57 Å². The van der Waals surface area contributed by atoms with Crippen LogP contribution in [0.3, 0.4) is 0 Å². The lowest BCUT2D eigenvalue weighted by atomic mass is 9.98. The number of nitriles is 1. The van der Waals surface area contributed by atoms with E-state index in [1.807, 2.05) is 0 Å². The van der Waals surface area contributed by atoms with Crippen molar-refractivity contribution in [2.45, 2.75) is 43.8 Å². The summed E-state index contributed by atoms with van der Waals surface area (Å²) in [6.45, 7) is 3.57. The summed E-state index contributed by atoms with van der Waals surface area (Å²) >= 11 is 0. The summed E-state index contributed by atoms with van der Waals surface area (Å²) in [5, 5.41) is 14.9. The zero-order valence-electron chi connectivity index (χ0n) is 21.9. The van der Waals surface area contributed by atoms with E-state index >= 15 is 0 Å². The van der Waals surface area contributed by atoms with Crippen molar-refractivity contribution in [1.82, 2.24) is 29.6 Å². The van der Waals surface area contributed by atoms with Gasteiger partial charge in [-0.15, -0.1) is 9.24 Å². The van der Waals surface area contributed by atoms with Crippen molar-refractivity contribution in [3.63, 3.8) is 0 Å². The second kappa shape index (κ2) is 10.1. The van der Waals surface area contributed by atoms with Gasteiger partial charge in [-0.1, -0.05) is 29.4 Å². The van der Waals surface area contributed by atoms with Crippen molar-refractivity contribution in [2.24, 2.45) is 12.8 Å². The van der Waals surface area contributed by atoms with Gasteiger partial charge in [0, 0.05) is 38.6 Å². The van der Waals surface area contributed by atoms with Gasteiger partial charge in [-0.25, -0.2) is 9.78 Å². The van der Waals surface area contributed by atoms with E-state index in [-0.39, 0.29) is 29.5 Å². The highest BCUT2D eigenvalue weighted by Gasteiger charge is 2.40. The van der Waals surface area contributed by atoms with E-state index in [2.05, 4.69) is 71.4 Å². The normalized spacial score (nSPS) is 20.7. The van der Waals surface area contributed by atoms with Crippen LogP contribution in [0, 0.1) is 11.3 Å². The number of aryl methyl sites for hydroxylation is 1. The monoisotopic (exact) mass is 543 g/mol. The Bertz CT molecular complexity index is 1620. The topological polar surface area (TPSA) is 143 Å². The van der Waals surface area contributed by atoms with Gasteiger partial charge >= 0.3 is 5.69 Å². The Morgan fingerprint density at radius 3 is 2.62 bits per heavy atom. The molecule has 3 aromatic heterocycles. The van der Waals surface area contributed by atoms with Crippen LogP contribution >= 0.6 is 9.24 Å². The molecule has 1 aliphatic carbocycles. The lowest BCUT2D eigenvalue weighted by Gasteiger charge is -2.47. The van der Waals surface area contributed by atoms with Gasteiger partial charge in [-0.2, -0.15) is 15.2 Å². The van der Waals surface area contributed by atoms with Gasteiger partial charge in [0.2, 0.25) is 5.89 Å². The molecule has 6 rings (SSSR count). The van der Waals surface area contributed by atoms with Crippen LogP contribution in [0.15, 0.2) is 45.7 Å². The third kappa shape index (κ3) is 4.69. The van der Waals surface area contributed by atoms with E-state index < -0.39 is 0 Å². The minimum absolute atomic E-state index is 0.00445. The first-order valence-electron chi connectivity index (χ1n) is 13.1. The van der Waals surface area contributed by atoms with Crippen LogP contribution in [-0.4, -0.2) is 61.3 Å². The number of nitrogens with two attached hydrogens (primary N) is 1. The molecule has 0 amide bonds. The van der Waals surface area contributed by atoms with E-state index in [0.29, 0.717) is 48.3 Å². The Morgan fingerprint density at radius 1 is 1.15 bits per heavy atom. The quantitative estimate of drug-likeness (QED) is 0.356. The summed E-state index contributed by atoms with van der Waals surface area (Å²) in [6.07, 6.45) is 2.18. The van der Waals surface area contributed by atoms with Crippen molar-refractivity contribution in [2.75, 3.05) is 24.5 Å². The first-order valence-corrected chi connectivity index (χ1v) is 13.6. The number of pyridine rings is 1. The third-order valence-electron chi connectivity index (χ3n) is 7.70. The molecular weight excluding hydrogens is 513 g/mol. The third-order valence-corrected chi connectivity index (χ3v) is 8.09. The molecule has 0 spiro atoms. The molecule has 4 atom stereocenters. The van der Waals surface area contributed by atoms with Gasteiger partial charge in [-0.3, -0.25) is 9.47 Å². The zero-order chi connectivity index (χ0) is 27.3. The van der Waals surface area contributed by atoms with Crippen molar-refractivity contribution >= 4 is 31.4 Å². The Labute approximate surface area is 227 Å². The lowest BCUT2D eigenvalue weighted by molar-refractivity contribution is 0.107. The largest absolute Gasteiger partial charge is 0.349 e. The van der Waals surface area contributed by atoms with Crippen LogP contribution in [-0.2, 0) is 7.05 Å². The van der Waals surface area contributed by atoms with Gasteiger partial charge in [0.15, 0.2) is 11.6 Å². The summed E-state index contributed by atoms with van der Waals surface area (Å²) in [5.74, 6) is 2.18. The van der Waals surface area contributed by atoms with Crippen molar-refractivity contribution < 1.29 is 4.52 Å². The van der Waals surface area contributed by atoms with Crippen LogP contribution in [0.4, 0.5) is 5.82 Å². The molecule has 200 valence electrons. The van der Waals surface area contributed by atoms with Gasteiger partial charge < -0.3 is 15.2 Å². The Morgan fingerprint density at radius 2 is 1.92 bits per heavy atom.